The molecule has 1 heterocycles. The number of amides is 3. The van der Waals surface area contributed by atoms with Gasteiger partial charge in [0.1, 0.15) is 6.54 Å². The van der Waals surface area contributed by atoms with Crippen molar-refractivity contribution in [2.24, 2.45) is 0 Å². The van der Waals surface area contributed by atoms with Crippen LogP contribution in [0.15, 0.2) is 17.5 Å². The number of hydrogen-bond donors (Lipinski definition) is 4. The van der Waals surface area contributed by atoms with Crippen molar-refractivity contribution in [2.75, 3.05) is 13.1 Å². The number of carboxylic acids is 1. The molecule has 0 aromatic carbocycles. The Morgan fingerprint density at radius 3 is 2.56 bits per heavy atom. The lowest BCUT2D eigenvalue weighted by Crippen LogP contribution is -2.42. The van der Waals surface area contributed by atoms with E-state index in [4.69, 9.17) is 5.11 Å². The summed E-state index contributed by atoms with van der Waals surface area (Å²) in [6.45, 7) is -0.332. The van der Waals surface area contributed by atoms with Gasteiger partial charge in [-0.15, -0.1) is 11.3 Å². The number of aliphatic carboxylic acids is 1. The van der Waals surface area contributed by atoms with Crippen molar-refractivity contribution < 1.29 is 19.5 Å². The normalized spacial score (nSPS) is 9.56. The van der Waals surface area contributed by atoms with Crippen LogP contribution in [-0.2, 0) is 16.1 Å². The van der Waals surface area contributed by atoms with Gasteiger partial charge < -0.3 is 21.1 Å². The van der Waals surface area contributed by atoms with E-state index in [9.17, 15) is 14.4 Å². The van der Waals surface area contributed by atoms with Crippen LogP contribution < -0.4 is 16.0 Å². The van der Waals surface area contributed by atoms with Gasteiger partial charge in [-0.3, -0.25) is 9.59 Å². The number of thiophene rings is 1. The quantitative estimate of drug-likeness (QED) is 0.572. The summed E-state index contributed by atoms with van der Waals surface area (Å²) in [6, 6.07) is 3.28. The van der Waals surface area contributed by atoms with Gasteiger partial charge in [0.25, 0.3) is 0 Å². The van der Waals surface area contributed by atoms with Crippen LogP contribution in [0.3, 0.4) is 0 Å². The lowest BCUT2D eigenvalue weighted by molar-refractivity contribution is -0.137. The van der Waals surface area contributed by atoms with Crippen LogP contribution >= 0.6 is 11.3 Å². The molecule has 0 saturated carbocycles. The maximum atomic E-state index is 11.3. The highest BCUT2D eigenvalue weighted by molar-refractivity contribution is 7.09. The molecule has 0 aliphatic carbocycles. The molecule has 1 aromatic heterocycles. The van der Waals surface area contributed by atoms with Gasteiger partial charge in [-0.2, -0.15) is 0 Å². The van der Waals surface area contributed by atoms with Gasteiger partial charge in [-0.25, -0.2) is 4.79 Å². The fourth-order valence-corrected chi connectivity index (χ4v) is 1.68. The van der Waals surface area contributed by atoms with Crippen LogP contribution in [0.1, 0.15) is 4.88 Å². The lowest BCUT2D eigenvalue weighted by atomic mass is 10.5. The second-order valence-electron chi connectivity index (χ2n) is 3.29. The Kier molecular flexibility index (Phi) is 5.65. The predicted molar refractivity (Wildman–Crippen MR) is 65.2 cm³/mol. The van der Waals surface area contributed by atoms with E-state index >= 15 is 0 Å². The summed E-state index contributed by atoms with van der Waals surface area (Å²) in [7, 11) is 0. The molecule has 0 unspecified atom stereocenters. The molecule has 1 rings (SSSR count). The monoisotopic (exact) mass is 271 g/mol. The fourth-order valence-electron chi connectivity index (χ4n) is 1.04. The molecule has 0 radical (unpaired) electrons. The molecule has 98 valence electrons. The third kappa shape index (κ3) is 5.85. The van der Waals surface area contributed by atoms with Gasteiger partial charge in [0, 0.05) is 4.88 Å². The summed E-state index contributed by atoms with van der Waals surface area (Å²) in [6.07, 6.45) is 0. The number of carbonyl (C=O) groups is 3. The minimum Gasteiger partial charge on any atom is -0.480 e. The average Bonchev–Trinajstić information content (AvgIpc) is 2.84. The Morgan fingerprint density at radius 1 is 1.17 bits per heavy atom. The Morgan fingerprint density at radius 2 is 1.94 bits per heavy atom. The van der Waals surface area contributed by atoms with Gasteiger partial charge in [-0.1, -0.05) is 6.07 Å². The van der Waals surface area contributed by atoms with E-state index in [-0.39, 0.29) is 6.54 Å². The van der Waals surface area contributed by atoms with Gasteiger partial charge >= 0.3 is 12.0 Å². The molecule has 8 heteroatoms. The molecule has 0 aliphatic rings. The van der Waals surface area contributed by atoms with Crippen LogP contribution in [-0.4, -0.2) is 36.1 Å². The Hall–Kier alpha value is -2.09. The zero-order valence-electron chi connectivity index (χ0n) is 9.43. The van der Waals surface area contributed by atoms with Crippen LogP contribution in [0.2, 0.25) is 0 Å². The SMILES string of the molecule is O=C(O)CNC(=O)CNC(=O)NCc1cccs1. The highest BCUT2D eigenvalue weighted by Gasteiger charge is 2.06. The fraction of sp³-hybridized carbons (Fsp3) is 0.300. The summed E-state index contributed by atoms with van der Waals surface area (Å²) < 4.78 is 0. The Bertz CT molecular complexity index is 419. The van der Waals surface area contributed by atoms with Crippen molar-refractivity contribution in [1.29, 1.82) is 0 Å². The summed E-state index contributed by atoms with van der Waals surface area (Å²) in [5.74, 6) is -1.69. The van der Waals surface area contributed by atoms with Crippen molar-refractivity contribution in [3.63, 3.8) is 0 Å². The third-order valence-electron chi connectivity index (χ3n) is 1.85. The number of hydrogen-bond acceptors (Lipinski definition) is 4. The third-order valence-corrected chi connectivity index (χ3v) is 2.73. The number of carboxylic acid groups (broad SMARTS) is 1. The summed E-state index contributed by atoms with van der Waals surface area (Å²) in [5.41, 5.74) is 0. The minimum absolute atomic E-state index is 0.260. The van der Waals surface area contributed by atoms with Gasteiger partial charge in [0.2, 0.25) is 5.91 Å². The predicted octanol–water partition coefficient (Wildman–Crippen LogP) is -0.252. The van der Waals surface area contributed by atoms with Crippen LogP contribution in [0.5, 0.6) is 0 Å². The molecule has 0 fully saturated rings. The molecule has 0 bridgehead atoms. The standard InChI is InChI=1S/C10H13N3O4S/c14-8(11-6-9(15)16)5-13-10(17)12-4-7-2-1-3-18-7/h1-3H,4-6H2,(H,11,14)(H,15,16)(H2,12,13,17). The largest absolute Gasteiger partial charge is 0.480 e. The molecule has 7 nitrogen and oxygen atoms in total. The van der Waals surface area contributed by atoms with Gasteiger partial charge in [-0.05, 0) is 11.4 Å². The second-order valence-corrected chi connectivity index (χ2v) is 4.32. The average molecular weight is 271 g/mol. The van der Waals surface area contributed by atoms with E-state index in [1.54, 1.807) is 0 Å². The van der Waals surface area contributed by atoms with E-state index in [0.717, 1.165) is 4.88 Å². The molecular formula is C10H13N3O4S. The molecule has 1 aromatic rings. The van der Waals surface area contributed by atoms with E-state index in [0.29, 0.717) is 6.54 Å². The van der Waals surface area contributed by atoms with Gasteiger partial charge in [0.15, 0.2) is 0 Å². The van der Waals surface area contributed by atoms with Crippen molar-refractivity contribution in [3.05, 3.63) is 22.4 Å². The lowest BCUT2D eigenvalue weighted by Gasteiger charge is -2.06. The molecular weight excluding hydrogens is 258 g/mol. The summed E-state index contributed by atoms with van der Waals surface area (Å²) >= 11 is 1.51. The molecule has 0 aliphatic heterocycles. The van der Waals surface area contributed by atoms with Crippen molar-refractivity contribution in [2.45, 2.75) is 6.54 Å². The number of urea groups is 1. The van der Waals surface area contributed by atoms with Crippen molar-refractivity contribution in [1.82, 2.24) is 16.0 Å². The van der Waals surface area contributed by atoms with E-state index < -0.39 is 24.5 Å². The molecule has 18 heavy (non-hydrogen) atoms. The van der Waals surface area contributed by atoms with E-state index in [1.165, 1.54) is 11.3 Å². The molecule has 0 spiro atoms. The molecule has 3 amide bonds. The smallest absolute Gasteiger partial charge is 0.322 e. The van der Waals surface area contributed by atoms with Crippen LogP contribution in [0, 0.1) is 0 Å². The van der Waals surface area contributed by atoms with Gasteiger partial charge in [0.05, 0.1) is 13.1 Å². The highest BCUT2D eigenvalue weighted by Crippen LogP contribution is 2.06. The Balaban J connectivity index is 2.13. The first-order valence-corrected chi connectivity index (χ1v) is 5.98. The van der Waals surface area contributed by atoms with E-state index in [2.05, 4.69) is 16.0 Å². The summed E-state index contributed by atoms with van der Waals surface area (Å²) in [4.78, 5) is 33.5. The number of carbonyl (C=O) groups excluding carboxylic acids is 2. The Labute approximate surface area is 107 Å². The summed E-state index contributed by atoms with van der Waals surface area (Å²) in [5, 5.41) is 17.2. The first-order chi connectivity index (χ1) is 8.58. The first kappa shape index (κ1) is 14.0. The zero-order valence-corrected chi connectivity index (χ0v) is 10.3. The highest BCUT2D eigenvalue weighted by atomic mass is 32.1. The minimum atomic E-state index is -1.13. The van der Waals surface area contributed by atoms with Crippen molar-refractivity contribution in [3.8, 4) is 0 Å². The maximum Gasteiger partial charge on any atom is 0.322 e. The van der Waals surface area contributed by atoms with E-state index in [1.807, 2.05) is 17.5 Å². The second kappa shape index (κ2) is 7.28. The van der Waals surface area contributed by atoms with Crippen LogP contribution in [0.4, 0.5) is 4.79 Å². The van der Waals surface area contributed by atoms with Crippen LogP contribution in [0.25, 0.3) is 0 Å². The van der Waals surface area contributed by atoms with Crippen molar-refractivity contribution >= 4 is 29.2 Å². The maximum absolute atomic E-state index is 11.3. The number of rotatable bonds is 6. The first-order valence-electron chi connectivity index (χ1n) is 5.10. The number of nitrogens with one attached hydrogen (secondary N) is 3. The molecule has 0 saturated heterocycles. The topological polar surface area (TPSA) is 108 Å². The molecule has 0 atom stereocenters. The zero-order chi connectivity index (χ0) is 13.4. The molecule has 4 N–H and O–H groups in total.